The van der Waals surface area contributed by atoms with Crippen LogP contribution in [0.4, 0.5) is 0 Å². The third kappa shape index (κ3) is 5.72. The van der Waals surface area contributed by atoms with Gasteiger partial charge in [-0.2, -0.15) is 0 Å². The molecule has 0 saturated heterocycles. The molecular weight excluding hydrogens is 633 g/mol. The van der Waals surface area contributed by atoms with Crippen molar-refractivity contribution < 1.29 is 15.3 Å². The fraction of sp³-hybridized carbons (Fsp3) is 0. The standard InChI is InChI=1S/C44H30N4O3/c49-35-7-1-4-26(20-35)38-16-17-39(43(28-6-3-9-37(51)22-28)42(38)27-5-2-8-36(50)21-27)44-40-18-14-33(47-40)24-31-12-10-29(45-31)23-30-11-13-32(46-30)25-34-15-19-41(44)48-34/h1-25,45,48-51H. The van der Waals surface area contributed by atoms with Crippen LogP contribution in [0.3, 0.4) is 0 Å². The Bertz CT molecular complexity index is 2750. The van der Waals surface area contributed by atoms with Crippen molar-refractivity contribution in [3.63, 3.8) is 0 Å². The molecule has 0 saturated carbocycles. The highest BCUT2D eigenvalue weighted by atomic mass is 16.3. The molecule has 0 unspecified atom stereocenters. The zero-order valence-corrected chi connectivity index (χ0v) is 27.2. The van der Waals surface area contributed by atoms with E-state index in [4.69, 9.17) is 9.97 Å². The smallest absolute Gasteiger partial charge is 0.116 e. The lowest BCUT2D eigenvalue weighted by molar-refractivity contribution is 0.475. The number of fused-ring (bicyclic) bond motifs is 8. The first-order valence-electron chi connectivity index (χ1n) is 16.6. The van der Waals surface area contributed by atoms with E-state index in [1.165, 1.54) is 0 Å². The van der Waals surface area contributed by atoms with Crippen LogP contribution in [0.15, 0.2) is 127 Å². The first kappa shape index (κ1) is 30.0. The van der Waals surface area contributed by atoms with Crippen molar-refractivity contribution in [2.45, 2.75) is 0 Å². The van der Waals surface area contributed by atoms with E-state index in [0.717, 1.165) is 89.4 Å². The van der Waals surface area contributed by atoms with Crippen LogP contribution in [-0.2, 0) is 0 Å². The lowest BCUT2D eigenvalue weighted by atomic mass is 9.82. The van der Waals surface area contributed by atoms with Gasteiger partial charge in [-0.25, -0.2) is 9.97 Å². The van der Waals surface area contributed by atoms with Gasteiger partial charge < -0.3 is 25.3 Å². The number of hydrogen-bond donors (Lipinski definition) is 5. The maximum Gasteiger partial charge on any atom is 0.116 e. The molecule has 0 atom stereocenters. The van der Waals surface area contributed by atoms with Crippen molar-refractivity contribution in [3.05, 3.63) is 150 Å². The van der Waals surface area contributed by atoms with Crippen molar-refractivity contribution in [1.29, 1.82) is 0 Å². The van der Waals surface area contributed by atoms with Crippen molar-refractivity contribution in [1.82, 2.24) is 19.9 Å². The number of aromatic hydroxyl groups is 3. The van der Waals surface area contributed by atoms with Crippen LogP contribution in [0.2, 0.25) is 0 Å². The van der Waals surface area contributed by atoms with E-state index in [1.807, 2.05) is 109 Å². The number of aromatic nitrogens is 4. The molecule has 4 aromatic carbocycles. The Hall–Kier alpha value is -7.12. The maximum absolute atomic E-state index is 10.8. The second-order valence-electron chi connectivity index (χ2n) is 12.6. The van der Waals surface area contributed by atoms with E-state index in [-0.39, 0.29) is 17.2 Å². The van der Waals surface area contributed by atoms with E-state index in [1.54, 1.807) is 36.4 Å². The molecule has 2 aliphatic heterocycles. The molecule has 7 aromatic rings. The van der Waals surface area contributed by atoms with Crippen LogP contribution in [0.25, 0.3) is 90.9 Å². The van der Waals surface area contributed by atoms with Gasteiger partial charge in [0.25, 0.3) is 0 Å². The number of phenolic OH excluding ortho intramolecular Hbond substituents is 3. The molecule has 7 nitrogen and oxygen atoms in total. The summed E-state index contributed by atoms with van der Waals surface area (Å²) in [7, 11) is 0. The molecule has 0 aliphatic carbocycles. The molecular formula is C44H30N4O3. The summed E-state index contributed by atoms with van der Waals surface area (Å²) in [5.41, 5.74) is 13.3. The Morgan fingerprint density at radius 1 is 0.392 bits per heavy atom. The third-order valence-electron chi connectivity index (χ3n) is 9.12. The monoisotopic (exact) mass is 662 g/mol. The highest BCUT2D eigenvalue weighted by molar-refractivity contribution is 6.06. The zero-order chi connectivity index (χ0) is 34.5. The van der Waals surface area contributed by atoms with Gasteiger partial charge in [0, 0.05) is 27.6 Å². The molecule has 5 heterocycles. The zero-order valence-electron chi connectivity index (χ0n) is 27.2. The fourth-order valence-electron chi connectivity index (χ4n) is 6.94. The number of nitrogens with one attached hydrogen (secondary N) is 2. The Labute approximate surface area is 292 Å². The molecule has 2 aliphatic rings. The van der Waals surface area contributed by atoms with Crippen LogP contribution < -0.4 is 0 Å². The minimum absolute atomic E-state index is 0.121. The molecule has 5 N–H and O–H groups in total. The van der Waals surface area contributed by atoms with E-state index in [2.05, 4.69) is 16.0 Å². The van der Waals surface area contributed by atoms with Crippen LogP contribution in [0, 0.1) is 0 Å². The summed E-state index contributed by atoms with van der Waals surface area (Å²) in [6.45, 7) is 0. The second kappa shape index (κ2) is 12.1. The lowest BCUT2D eigenvalue weighted by Crippen LogP contribution is -1.96. The maximum atomic E-state index is 10.8. The van der Waals surface area contributed by atoms with Gasteiger partial charge in [-0.1, -0.05) is 48.5 Å². The summed E-state index contributed by atoms with van der Waals surface area (Å²) in [5, 5.41) is 32.1. The van der Waals surface area contributed by atoms with E-state index in [9.17, 15) is 15.3 Å². The number of aromatic amines is 2. The Balaban J connectivity index is 1.44. The van der Waals surface area contributed by atoms with E-state index in [0.29, 0.717) is 0 Å². The Morgan fingerprint density at radius 3 is 1.51 bits per heavy atom. The summed E-state index contributed by atoms with van der Waals surface area (Å²) in [6.07, 6.45) is 8.02. The summed E-state index contributed by atoms with van der Waals surface area (Å²) in [6, 6.07) is 39.8. The minimum atomic E-state index is 0.121. The number of nitrogens with zero attached hydrogens (tertiary/aromatic N) is 2. The summed E-state index contributed by atoms with van der Waals surface area (Å²) >= 11 is 0. The van der Waals surface area contributed by atoms with Gasteiger partial charge in [-0.15, -0.1) is 0 Å². The van der Waals surface area contributed by atoms with Gasteiger partial charge >= 0.3 is 0 Å². The normalized spacial score (nSPS) is 12.0. The van der Waals surface area contributed by atoms with Crippen LogP contribution in [-0.4, -0.2) is 35.3 Å². The lowest BCUT2D eigenvalue weighted by Gasteiger charge is -2.21. The average Bonchev–Trinajstić information content (AvgIpc) is 3.95. The van der Waals surface area contributed by atoms with Gasteiger partial charge in [0.05, 0.1) is 22.8 Å². The number of benzene rings is 4. The predicted octanol–water partition coefficient (Wildman–Crippen LogP) is 10.4. The van der Waals surface area contributed by atoms with Gasteiger partial charge in [-0.05, 0) is 142 Å². The van der Waals surface area contributed by atoms with Crippen molar-refractivity contribution in [2.24, 2.45) is 0 Å². The van der Waals surface area contributed by atoms with Crippen molar-refractivity contribution >= 4 is 46.4 Å². The average molecular weight is 663 g/mol. The minimum Gasteiger partial charge on any atom is -0.508 e. The second-order valence-corrected chi connectivity index (χ2v) is 12.6. The van der Waals surface area contributed by atoms with Crippen LogP contribution in [0.5, 0.6) is 17.2 Å². The summed E-state index contributed by atoms with van der Waals surface area (Å²) in [4.78, 5) is 17.0. The Morgan fingerprint density at radius 2 is 0.882 bits per heavy atom. The fourth-order valence-corrected chi connectivity index (χ4v) is 6.94. The first-order valence-corrected chi connectivity index (χ1v) is 16.6. The molecule has 0 spiro atoms. The van der Waals surface area contributed by atoms with E-state index < -0.39 is 0 Å². The molecule has 7 heteroatoms. The number of H-pyrrole nitrogens is 2. The number of phenols is 3. The number of hydrogen-bond acceptors (Lipinski definition) is 5. The Kier molecular flexibility index (Phi) is 7.10. The molecule has 51 heavy (non-hydrogen) atoms. The quantitative estimate of drug-likeness (QED) is 0.129. The van der Waals surface area contributed by atoms with Crippen molar-refractivity contribution in [3.8, 4) is 61.8 Å². The van der Waals surface area contributed by atoms with Gasteiger partial charge in [0.15, 0.2) is 0 Å². The number of rotatable bonds is 4. The molecule has 0 radical (unpaired) electrons. The van der Waals surface area contributed by atoms with Crippen LogP contribution >= 0.6 is 0 Å². The topological polar surface area (TPSA) is 118 Å². The van der Waals surface area contributed by atoms with Gasteiger partial charge in [0.2, 0.25) is 0 Å². The van der Waals surface area contributed by atoms with Crippen molar-refractivity contribution in [2.75, 3.05) is 0 Å². The molecule has 0 fully saturated rings. The molecule has 0 amide bonds. The molecule has 3 aromatic heterocycles. The van der Waals surface area contributed by atoms with Crippen LogP contribution in [0.1, 0.15) is 22.8 Å². The first-order chi connectivity index (χ1) is 24.9. The summed E-state index contributed by atoms with van der Waals surface area (Å²) in [5.74, 6) is 0.383. The highest BCUT2D eigenvalue weighted by Gasteiger charge is 2.23. The SMILES string of the molecule is Oc1cccc(-c2ccc(-c3c4nc(cc5ccc(cc6nc(cc7ccc3[nH]7)C=C6)[nH]5)C=C4)c(-c3cccc(O)c3)c2-c2cccc(O)c2)c1. The van der Waals surface area contributed by atoms with Gasteiger partial charge in [-0.3, -0.25) is 0 Å². The third-order valence-corrected chi connectivity index (χ3v) is 9.12. The molecule has 8 bridgehead atoms. The van der Waals surface area contributed by atoms with Gasteiger partial charge in [0.1, 0.15) is 17.2 Å². The molecule has 9 rings (SSSR count). The molecule has 244 valence electrons. The summed E-state index contributed by atoms with van der Waals surface area (Å²) < 4.78 is 0. The largest absolute Gasteiger partial charge is 0.508 e. The van der Waals surface area contributed by atoms with E-state index >= 15 is 0 Å². The highest BCUT2D eigenvalue weighted by Crippen LogP contribution is 2.48. The predicted molar refractivity (Wildman–Crippen MR) is 206 cm³/mol.